The van der Waals surface area contributed by atoms with Crippen LogP contribution in [0.1, 0.15) is 62.7 Å². The van der Waals surface area contributed by atoms with Gasteiger partial charge < -0.3 is 10.1 Å². The van der Waals surface area contributed by atoms with E-state index in [4.69, 9.17) is 4.74 Å². The Morgan fingerprint density at radius 2 is 1.96 bits per heavy atom. The first-order valence-electron chi connectivity index (χ1n) is 9.80. The van der Waals surface area contributed by atoms with Gasteiger partial charge >= 0.3 is 0 Å². The third-order valence-corrected chi connectivity index (χ3v) is 7.04. The zero-order chi connectivity index (χ0) is 19.9. The number of sulfonamides is 1. The van der Waals surface area contributed by atoms with Crippen molar-refractivity contribution in [1.29, 1.82) is 0 Å². The molecule has 0 aromatic heterocycles. The summed E-state index contributed by atoms with van der Waals surface area (Å²) >= 11 is 0. The highest BCUT2D eigenvalue weighted by molar-refractivity contribution is 7.89. The Bertz CT molecular complexity index is 712. The average Bonchev–Trinajstić information content (AvgIpc) is 2.67. The van der Waals surface area contributed by atoms with E-state index in [1.807, 2.05) is 13.8 Å². The normalized spacial score (nSPS) is 16.0. The van der Waals surface area contributed by atoms with Crippen LogP contribution in [0.25, 0.3) is 0 Å². The quantitative estimate of drug-likeness (QED) is 0.651. The lowest BCUT2D eigenvalue weighted by atomic mass is 9.98. The van der Waals surface area contributed by atoms with Crippen LogP contribution in [0.5, 0.6) is 0 Å². The molecule has 0 saturated heterocycles. The number of amides is 1. The van der Waals surface area contributed by atoms with Crippen LogP contribution in [0.2, 0.25) is 0 Å². The Kier molecular flexibility index (Phi) is 8.26. The maximum atomic E-state index is 12.6. The summed E-state index contributed by atoms with van der Waals surface area (Å²) in [4.78, 5) is 12.5. The Balaban J connectivity index is 1.84. The Labute approximate surface area is 163 Å². The highest BCUT2D eigenvalue weighted by Crippen LogP contribution is 2.20. The topological polar surface area (TPSA) is 75.7 Å². The van der Waals surface area contributed by atoms with Gasteiger partial charge in [-0.05, 0) is 51.3 Å². The van der Waals surface area contributed by atoms with E-state index in [-0.39, 0.29) is 16.8 Å². The van der Waals surface area contributed by atoms with Gasteiger partial charge in [0, 0.05) is 31.8 Å². The second-order valence-electron chi connectivity index (χ2n) is 7.38. The van der Waals surface area contributed by atoms with Crippen molar-refractivity contribution >= 4 is 15.9 Å². The third kappa shape index (κ3) is 6.30. The molecule has 1 fully saturated rings. The fraction of sp³-hybridized carbons (Fsp3) is 0.650. The average molecular weight is 397 g/mol. The van der Waals surface area contributed by atoms with Gasteiger partial charge in [-0.15, -0.1) is 0 Å². The molecule has 0 spiro atoms. The predicted molar refractivity (Wildman–Crippen MR) is 106 cm³/mol. The van der Waals surface area contributed by atoms with Crippen LogP contribution in [0.15, 0.2) is 29.2 Å². The molecule has 1 amide bonds. The van der Waals surface area contributed by atoms with Gasteiger partial charge in [-0.25, -0.2) is 8.42 Å². The second-order valence-corrected chi connectivity index (χ2v) is 9.38. The molecule has 0 heterocycles. The van der Waals surface area contributed by atoms with E-state index in [1.165, 1.54) is 35.7 Å². The minimum absolute atomic E-state index is 0.131. The third-order valence-electron chi connectivity index (χ3n) is 5.01. The molecule has 1 aliphatic rings. The summed E-state index contributed by atoms with van der Waals surface area (Å²) in [7, 11) is -2.06. The number of carbonyl (C=O) groups is 1. The lowest BCUT2D eigenvalue weighted by Gasteiger charge is -2.22. The van der Waals surface area contributed by atoms with Crippen molar-refractivity contribution in [2.24, 2.45) is 0 Å². The van der Waals surface area contributed by atoms with E-state index in [9.17, 15) is 13.2 Å². The van der Waals surface area contributed by atoms with Gasteiger partial charge in [0.05, 0.1) is 11.0 Å². The molecule has 1 aliphatic carbocycles. The van der Waals surface area contributed by atoms with Gasteiger partial charge in [0.25, 0.3) is 5.91 Å². The molecule has 0 aliphatic heterocycles. The Morgan fingerprint density at radius 3 is 2.63 bits per heavy atom. The first kappa shape index (κ1) is 21.9. The van der Waals surface area contributed by atoms with E-state index in [2.05, 4.69) is 5.32 Å². The van der Waals surface area contributed by atoms with Crippen molar-refractivity contribution in [2.45, 2.75) is 69.4 Å². The molecule has 152 valence electrons. The van der Waals surface area contributed by atoms with Crippen molar-refractivity contribution in [3.63, 3.8) is 0 Å². The standard InChI is InChI=1S/C20H32N2O4S/c1-16(2)22(3)27(24,25)19-12-7-9-17(15-19)20(23)21-13-8-14-26-18-10-5-4-6-11-18/h7,9,12,15-16,18H,4-6,8,10-11,13-14H2,1-3H3,(H,21,23). The van der Waals surface area contributed by atoms with Crippen molar-refractivity contribution in [1.82, 2.24) is 9.62 Å². The van der Waals surface area contributed by atoms with Crippen molar-refractivity contribution in [2.75, 3.05) is 20.2 Å². The van der Waals surface area contributed by atoms with Gasteiger partial charge in [0.1, 0.15) is 0 Å². The number of carbonyl (C=O) groups excluding carboxylic acids is 1. The second kappa shape index (κ2) is 10.2. The molecular weight excluding hydrogens is 364 g/mol. The van der Waals surface area contributed by atoms with Gasteiger partial charge in [-0.3, -0.25) is 4.79 Å². The summed E-state index contributed by atoms with van der Waals surface area (Å²) in [6, 6.07) is 6.02. The van der Waals surface area contributed by atoms with Crippen LogP contribution in [-0.2, 0) is 14.8 Å². The number of nitrogens with zero attached hydrogens (tertiary/aromatic N) is 1. The zero-order valence-electron chi connectivity index (χ0n) is 16.6. The molecule has 0 radical (unpaired) electrons. The zero-order valence-corrected chi connectivity index (χ0v) is 17.4. The van der Waals surface area contributed by atoms with E-state index in [0.717, 1.165) is 19.3 Å². The van der Waals surface area contributed by atoms with Gasteiger partial charge in [0.2, 0.25) is 10.0 Å². The lowest BCUT2D eigenvalue weighted by molar-refractivity contribution is 0.0273. The van der Waals surface area contributed by atoms with Crippen LogP contribution in [0.4, 0.5) is 0 Å². The van der Waals surface area contributed by atoms with Crippen LogP contribution in [0, 0.1) is 0 Å². The minimum Gasteiger partial charge on any atom is -0.378 e. The first-order valence-corrected chi connectivity index (χ1v) is 11.2. The molecule has 2 rings (SSSR count). The first-order chi connectivity index (χ1) is 12.8. The number of benzene rings is 1. The largest absolute Gasteiger partial charge is 0.378 e. The van der Waals surface area contributed by atoms with E-state index in [0.29, 0.717) is 24.8 Å². The summed E-state index contributed by atoms with van der Waals surface area (Å²) in [5.74, 6) is -0.267. The molecular formula is C20H32N2O4S. The number of ether oxygens (including phenoxy) is 1. The fourth-order valence-corrected chi connectivity index (χ4v) is 4.51. The smallest absolute Gasteiger partial charge is 0.251 e. The molecule has 0 unspecified atom stereocenters. The SMILES string of the molecule is CC(C)N(C)S(=O)(=O)c1cccc(C(=O)NCCCOC2CCCCC2)c1. The van der Waals surface area contributed by atoms with Crippen molar-refractivity contribution in [3.8, 4) is 0 Å². The highest BCUT2D eigenvalue weighted by atomic mass is 32.2. The van der Waals surface area contributed by atoms with E-state index >= 15 is 0 Å². The number of nitrogens with one attached hydrogen (secondary N) is 1. The van der Waals surface area contributed by atoms with Crippen molar-refractivity contribution < 1.29 is 17.9 Å². The summed E-state index contributed by atoms with van der Waals surface area (Å²) < 4.78 is 32.3. The molecule has 0 bridgehead atoms. The lowest BCUT2D eigenvalue weighted by Crippen LogP contribution is -2.33. The summed E-state index contributed by atoms with van der Waals surface area (Å²) in [6.45, 7) is 4.76. The van der Waals surface area contributed by atoms with Gasteiger partial charge in [0.15, 0.2) is 0 Å². The van der Waals surface area contributed by atoms with Crippen LogP contribution in [0.3, 0.4) is 0 Å². The fourth-order valence-electron chi connectivity index (χ4n) is 3.10. The molecule has 1 N–H and O–H groups in total. The van der Waals surface area contributed by atoms with Crippen molar-refractivity contribution in [3.05, 3.63) is 29.8 Å². The molecule has 1 aromatic rings. The predicted octanol–water partition coefficient (Wildman–Crippen LogP) is 3.18. The highest BCUT2D eigenvalue weighted by Gasteiger charge is 2.23. The monoisotopic (exact) mass is 396 g/mol. The maximum absolute atomic E-state index is 12.6. The molecule has 27 heavy (non-hydrogen) atoms. The van der Waals surface area contributed by atoms with Crippen LogP contribution < -0.4 is 5.32 Å². The number of hydrogen-bond donors (Lipinski definition) is 1. The van der Waals surface area contributed by atoms with Crippen LogP contribution >= 0.6 is 0 Å². The summed E-state index contributed by atoms with van der Waals surface area (Å²) in [5.41, 5.74) is 0.349. The molecule has 0 atom stereocenters. The van der Waals surface area contributed by atoms with Gasteiger partial charge in [-0.1, -0.05) is 25.3 Å². The van der Waals surface area contributed by atoms with Crippen LogP contribution in [-0.4, -0.2) is 51.0 Å². The minimum atomic E-state index is -3.60. The Morgan fingerprint density at radius 1 is 1.26 bits per heavy atom. The summed E-state index contributed by atoms with van der Waals surface area (Å²) in [6.07, 6.45) is 7.18. The molecule has 1 aromatic carbocycles. The van der Waals surface area contributed by atoms with E-state index in [1.54, 1.807) is 19.2 Å². The molecule has 6 nitrogen and oxygen atoms in total. The molecule has 1 saturated carbocycles. The number of rotatable bonds is 9. The summed E-state index contributed by atoms with van der Waals surface area (Å²) in [5, 5.41) is 2.84. The maximum Gasteiger partial charge on any atom is 0.251 e. The number of hydrogen-bond acceptors (Lipinski definition) is 4. The molecule has 7 heteroatoms. The van der Waals surface area contributed by atoms with Gasteiger partial charge in [-0.2, -0.15) is 4.31 Å². The van der Waals surface area contributed by atoms with E-state index < -0.39 is 10.0 Å². The Hall–Kier alpha value is -1.44.